The lowest BCUT2D eigenvalue weighted by Gasteiger charge is -2.13. The van der Waals surface area contributed by atoms with Gasteiger partial charge in [0.1, 0.15) is 0 Å². The Kier molecular flexibility index (Phi) is 4.01. The molecule has 0 radical (unpaired) electrons. The molecule has 3 aromatic carbocycles. The van der Waals surface area contributed by atoms with Crippen molar-refractivity contribution in [2.45, 2.75) is 6.54 Å². The first-order valence-electron chi connectivity index (χ1n) is 7.99. The van der Waals surface area contributed by atoms with E-state index in [1.165, 1.54) is 26.4 Å². The lowest BCUT2D eigenvalue weighted by Crippen LogP contribution is -2.10. The van der Waals surface area contributed by atoms with Gasteiger partial charge in [-0.25, -0.2) is 0 Å². The zero-order valence-electron chi connectivity index (χ0n) is 13.5. The first-order valence-corrected chi connectivity index (χ1v) is 8.86. The van der Waals surface area contributed by atoms with Crippen LogP contribution in [0.5, 0.6) is 0 Å². The minimum Gasteiger partial charge on any atom is -0.296 e. The van der Waals surface area contributed by atoms with Crippen molar-refractivity contribution in [3.05, 3.63) is 83.2 Å². The van der Waals surface area contributed by atoms with E-state index in [0.717, 1.165) is 12.1 Å². The summed E-state index contributed by atoms with van der Waals surface area (Å²) in [7, 11) is 2.02. The van der Waals surface area contributed by atoms with Crippen molar-refractivity contribution < 1.29 is 0 Å². The predicted molar refractivity (Wildman–Crippen MR) is 105 cm³/mol. The SMILES string of the molecule is CN(Cc1cccc2ccsc12)/N=C/c1ccc2ccccc2c1. The second kappa shape index (κ2) is 6.46. The van der Waals surface area contributed by atoms with E-state index >= 15 is 0 Å². The summed E-state index contributed by atoms with van der Waals surface area (Å²) in [5, 5.41) is 12.5. The van der Waals surface area contributed by atoms with Gasteiger partial charge in [-0.3, -0.25) is 5.01 Å². The van der Waals surface area contributed by atoms with Crippen LogP contribution in [0, 0.1) is 0 Å². The molecule has 4 rings (SSSR count). The van der Waals surface area contributed by atoms with Crippen LogP contribution in [-0.2, 0) is 6.54 Å². The molecule has 2 nitrogen and oxygen atoms in total. The molecule has 118 valence electrons. The van der Waals surface area contributed by atoms with Crippen LogP contribution in [0.2, 0.25) is 0 Å². The van der Waals surface area contributed by atoms with Crippen LogP contribution in [0.3, 0.4) is 0 Å². The van der Waals surface area contributed by atoms with E-state index in [4.69, 9.17) is 0 Å². The second-order valence-corrected chi connectivity index (χ2v) is 6.84. The quantitative estimate of drug-likeness (QED) is 0.355. The van der Waals surface area contributed by atoms with Crippen LogP contribution in [-0.4, -0.2) is 18.3 Å². The predicted octanol–water partition coefficient (Wildman–Crippen LogP) is 5.52. The summed E-state index contributed by atoms with van der Waals surface area (Å²) in [5.41, 5.74) is 2.44. The molecule has 0 N–H and O–H groups in total. The summed E-state index contributed by atoms with van der Waals surface area (Å²) in [6.45, 7) is 0.807. The van der Waals surface area contributed by atoms with Crippen molar-refractivity contribution >= 4 is 38.4 Å². The Morgan fingerprint density at radius 1 is 0.917 bits per heavy atom. The number of thiophene rings is 1. The van der Waals surface area contributed by atoms with Crippen LogP contribution >= 0.6 is 11.3 Å². The third-order valence-corrected chi connectivity index (χ3v) is 5.14. The maximum absolute atomic E-state index is 4.60. The first-order chi connectivity index (χ1) is 11.8. The Morgan fingerprint density at radius 2 is 1.75 bits per heavy atom. The zero-order chi connectivity index (χ0) is 16.4. The number of hydrogen-bond acceptors (Lipinski definition) is 3. The van der Waals surface area contributed by atoms with Gasteiger partial charge in [-0.1, -0.05) is 54.6 Å². The standard InChI is InChI=1S/C21H18N2S/c1-23(15-20-8-4-7-18-11-12-24-21(18)20)22-14-16-9-10-17-5-2-3-6-19(17)13-16/h2-14H,15H2,1H3/b22-14+. The van der Waals surface area contributed by atoms with E-state index < -0.39 is 0 Å². The van der Waals surface area contributed by atoms with Crippen molar-refractivity contribution in [1.82, 2.24) is 5.01 Å². The molecule has 0 aliphatic heterocycles. The van der Waals surface area contributed by atoms with E-state index in [0.29, 0.717) is 0 Å². The van der Waals surface area contributed by atoms with Crippen molar-refractivity contribution in [3.63, 3.8) is 0 Å². The van der Waals surface area contributed by atoms with E-state index in [-0.39, 0.29) is 0 Å². The third-order valence-electron chi connectivity index (χ3n) is 4.14. The number of rotatable bonds is 4. The van der Waals surface area contributed by atoms with Crippen molar-refractivity contribution in [3.8, 4) is 0 Å². The Balaban J connectivity index is 1.53. The molecule has 1 aromatic heterocycles. The fraction of sp³-hybridized carbons (Fsp3) is 0.0952. The molecule has 0 aliphatic rings. The van der Waals surface area contributed by atoms with Gasteiger partial charge in [0.25, 0.3) is 0 Å². The van der Waals surface area contributed by atoms with Gasteiger partial charge in [0, 0.05) is 11.7 Å². The summed E-state index contributed by atoms with van der Waals surface area (Å²) in [4.78, 5) is 0. The maximum atomic E-state index is 4.60. The number of fused-ring (bicyclic) bond motifs is 2. The molecule has 0 atom stereocenters. The Morgan fingerprint density at radius 3 is 2.67 bits per heavy atom. The lowest BCUT2D eigenvalue weighted by atomic mass is 10.1. The molecule has 0 unspecified atom stereocenters. The minimum absolute atomic E-state index is 0.807. The maximum Gasteiger partial charge on any atom is 0.0621 e. The molecule has 24 heavy (non-hydrogen) atoms. The normalized spacial score (nSPS) is 11.5. The highest BCUT2D eigenvalue weighted by atomic mass is 32.1. The molecular weight excluding hydrogens is 312 g/mol. The lowest BCUT2D eigenvalue weighted by molar-refractivity contribution is 0.350. The summed E-state index contributed by atoms with van der Waals surface area (Å²) in [6, 6.07) is 23.4. The highest BCUT2D eigenvalue weighted by molar-refractivity contribution is 7.17. The van der Waals surface area contributed by atoms with Gasteiger partial charge < -0.3 is 0 Å². The summed E-state index contributed by atoms with van der Waals surface area (Å²) in [5.74, 6) is 0. The van der Waals surface area contributed by atoms with Crippen molar-refractivity contribution in [1.29, 1.82) is 0 Å². The smallest absolute Gasteiger partial charge is 0.0621 e. The number of nitrogens with zero attached hydrogens (tertiary/aromatic N) is 2. The molecule has 0 saturated heterocycles. The van der Waals surface area contributed by atoms with Crippen LogP contribution < -0.4 is 0 Å². The molecule has 3 heteroatoms. The van der Waals surface area contributed by atoms with E-state index in [1.54, 1.807) is 11.3 Å². The van der Waals surface area contributed by atoms with Crippen LogP contribution in [0.15, 0.2) is 77.2 Å². The molecule has 0 spiro atoms. The van der Waals surface area contributed by atoms with Crippen LogP contribution in [0.25, 0.3) is 20.9 Å². The molecule has 0 aliphatic carbocycles. The average Bonchev–Trinajstić information content (AvgIpc) is 3.10. The van der Waals surface area contributed by atoms with Crippen molar-refractivity contribution in [2.75, 3.05) is 7.05 Å². The van der Waals surface area contributed by atoms with E-state index in [2.05, 4.69) is 77.2 Å². The third kappa shape index (κ3) is 3.03. The Labute approximate surface area is 145 Å². The molecule has 0 amide bonds. The van der Waals surface area contributed by atoms with Gasteiger partial charge in [0.15, 0.2) is 0 Å². The number of hydrazone groups is 1. The van der Waals surface area contributed by atoms with Gasteiger partial charge in [-0.2, -0.15) is 5.10 Å². The minimum atomic E-state index is 0.807. The highest BCUT2D eigenvalue weighted by Crippen LogP contribution is 2.25. The molecule has 0 bridgehead atoms. The summed E-state index contributed by atoms with van der Waals surface area (Å²) < 4.78 is 1.35. The van der Waals surface area contributed by atoms with Crippen LogP contribution in [0.4, 0.5) is 0 Å². The molecule has 0 fully saturated rings. The van der Waals surface area contributed by atoms with Gasteiger partial charge in [-0.05, 0) is 44.8 Å². The Hall–Kier alpha value is -2.65. The molecule has 4 aromatic rings. The van der Waals surface area contributed by atoms with Crippen LogP contribution in [0.1, 0.15) is 11.1 Å². The summed E-state index contributed by atoms with van der Waals surface area (Å²) >= 11 is 1.79. The van der Waals surface area contributed by atoms with Gasteiger partial charge in [0.05, 0.1) is 12.8 Å². The second-order valence-electron chi connectivity index (χ2n) is 5.92. The fourth-order valence-electron chi connectivity index (χ4n) is 2.92. The Bertz CT molecular complexity index is 1020. The highest BCUT2D eigenvalue weighted by Gasteiger charge is 2.04. The summed E-state index contributed by atoms with van der Waals surface area (Å²) in [6.07, 6.45) is 1.93. The zero-order valence-corrected chi connectivity index (χ0v) is 14.3. The first kappa shape index (κ1) is 14.9. The largest absolute Gasteiger partial charge is 0.296 e. The average molecular weight is 330 g/mol. The van der Waals surface area contributed by atoms with Gasteiger partial charge in [0.2, 0.25) is 0 Å². The van der Waals surface area contributed by atoms with Gasteiger partial charge >= 0.3 is 0 Å². The monoisotopic (exact) mass is 330 g/mol. The number of hydrogen-bond donors (Lipinski definition) is 0. The van der Waals surface area contributed by atoms with E-state index in [9.17, 15) is 0 Å². The molecule has 1 heterocycles. The number of benzene rings is 3. The van der Waals surface area contributed by atoms with Gasteiger partial charge in [-0.15, -0.1) is 11.3 Å². The molecule has 0 saturated carbocycles. The topological polar surface area (TPSA) is 15.6 Å². The fourth-order valence-corrected chi connectivity index (χ4v) is 3.83. The van der Waals surface area contributed by atoms with E-state index in [1.807, 2.05) is 18.3 Å². The molecular formula is C21H18N2S. The van der Waals surface area contributed by atoms with Crippen molar-refractivity contribution in [2.24, 2.45) is 5.10 Å².